The van der Waals surface area contributed by atoms with E-state index in [1.807, 2.05) is 79.0 Å². The average molecular weight is 732 g/mol. The summed E-state index contributed by atoms with van der Waals surface area (Å²) < 4.78 is 8.68. The van der Waals surface area contributed by atoms with Crippen LogP contribution in [0.15, 0.2) is 193 Å². The van der Waals surface area contributed by atoms with Crippen molar-refractivity contribution in [3.63, 3.8) is 0 Å². The molecule has 0 spiro atoms. The molecule has 6 nitrogen and oxygen atoms in total. The van der Waals surface area contributed by atoms with E-state index in [1.165, 1.54) is 0 Å². The molecule has 0 saturated carbocycles. The number of nitrogens with zero attached hydrogens (tertiary/aromatic N) is 5. The Bertz CT molecular complexity index is 3200. The van der Waals surface area contributed by atoms with Crippen LogP contribution in [0, 0.1) is 0 Å². The van der Waals surface area contributed by atoms with E-state index in [0.717, 1.165) is 88.5 Å². The molecule has 11 rings (SSSR count). The Morgan fingerprint density at radius 2 is 1.00 bits per heavy atom. The monoisotopic (exact) mass is 731 g/mol. The standard InChI is InChI=1S/C51H33N5O/c1-4-16-33(17-5-1)38-22-10-11-23-39(38)37-28-36(29-48-53-49(34-18-6-2-7-19-34)55-50(54-48)35-20-8-3-9-21-35)51(52-32-37)56-44-26-14-12-24-40(44)42-31-47-43(30-45(42)56)41-25-13-15-27-46(41)57-47/h1-28,30-32H,29H2. The van der Waals surface area contributed by atoms with Crippen molar-refractivity contribution >= 4 is 43.7 Å². The summed E-state index contributed by atoms with van der Waals surface area (Å²) in [5.41, 5.74) is 11.1. The van der Waals surface area contributed by atoms with Crippen molar-refractivity contribution in [3.05, 3.63) is 200 Å². The second-order valence-corrected chi connectivity index (χ2v) is 14.2. The molecule has 4 heterocycles. The van der Waals surface area contributed by atoms with Crippen LogP contribution >= 0.6 is 0 Å². The highest BCUT2D eigenvalue weighted by Gasteiger charge is 2.21. The van der Waals surface area contributed by atoms with E-state index in [-0.39, 0.29) is 0 Å². The Labute approximate surface area is 328 Å². The summed E-state index contributed by atoms with van der Waals surface area (Å²) >= 11 is 0. The van der Waals surface area contributed by atoms with Gasteiger partial charge in [0, 0.05) is 56.4 Å². The second-order valence-electron chi connectivity index (χ2n) is 14.2. The number of pyridine rings is 1. The summed E-state index contributed by atoms with van der Waals surface area (Å²) in [5, 5.41) is 4.37. The molecule has 57 heavy (non-hydrogen) atoms. The van der Waals surface area contributed by atoms with Crippen molar-refractivity contribution in [2.24, 2.45) is 0 Å². The largest absolute Gasteiger partial charge is 0.456 e. The van der Waals surface area contributed by atoms with Gasteiger partial charge in [0.05, 0.1) is 11.0 Å². The van der Waals surface area contributed by atoms with Crippen LogP contribution in [0.1, 0.15) is 11.4 Å². The predicted molar refractivity (Wildman–Crippen MR) is 230 cm³/mol. The molecule has 7 aromatic carbocycles. The summed E-state index contributed by atoms with van der Waals surface area (Å²) in [6, 6.07) is 62.7. The first-order valence-corrected chi connectivity index (χ1v) is 19.1. The zero-order valence-electron chi connectivity index (χ0n) is 30.7. The van der Waals surface area contributed by atoms with E-state index in [2.05, 4.69) is 114 Å². The van der Waals surface area contributed by atoms with Gasteiger partial charge >= 0.3 is 0 Å². The lowest BCUT2D eigenvalue weighted by Gasteiger charge is -2.16. The van der Waals surface area contributed by atoms with Crippen LogP contribution in [0.2, 0.25) is 0 Å². The molecule has 0 N–H and O–H groups in total. The lowest BCUT2D eigenvalue weighted by molar-refractivity contribution is 0.669. The van der Waals surface area contributed by atoms with Gasteiger partial charge in [-0.05, 0) is 47.0 Å². The molecule has 11 aromatic rings. The summed E-state index contributed by atoms with van der Waals surface area (Å²) in [6.45, 7) is 0. The summed E-state index contributed by atoms with van der Waals surface area (Å²) in [7, 11) is 0. The molecule has 0 atom stereocenters. The van der Waals surface area contributed by atoms with Gasteiger partial charge < -0.3 is 4.42 Å². The third-order valence-corrected chi connectivity index (χ3v) is 10.7. The van der Waals surface area contributed by atoms with E-state index in [0.29, 0.717) is 23.9 Å². The normalized spacial score (nSPS) is 11.6. The van der Waals surface area contributed by atoms with E-state index in [4.69, 9.17) is 24.4 Å². The lowest BCUT2D eigenvalue weighted by Crippen LogP contribution is -2.08. The lowest BCUT2D eigenvalue weighted by atomic mass is 9.94. The van der Waals surface area contributed by atoms with Gasteiger partial charge in [-0.15, -0.1) is 0 Å². The van der Waals surface area contributed by atoms with E-state index in [1.54, 1.807) is 0 Å². The van der Waals surface area contributed by atoms with Gasteiger partial charge in [0.2, 0.25) is 0 Å². The smallest absolute Gasteiger partial charge is 0.163 e. The molecular weight excluding hydrogens is 699 g/mol. The molecule has 4 aromatic heterocycles. The second kappa shape index (κ2) is 13.6. The van der Waals surface area contributed by atoms with Crippen molar-refractivity contribution in [2.45, 2.75) is 6.42 Å². The van der Waals surface area contributed by atoms with Gasteiger partial charge in [-0.1, -0.05) is 152 Å². The van der Waals surface area contributed by atoms with Crippen molar-refractivity contribution in [2.75, 3.05) is 0 Å². The minimum Gasteiger partial charge on any atom is -0.456 e. The summed E-state index contributed by atoms with van der Waals surface area (Å²) in [4.78, 5) is 20.6. The predicted octanol–water partition coefficient (Wildman–Crippen LogP) is 12.5. The van der Waals surface area contributed by atoms with Crippen LogP contribution in [-0.2, 0) is 6.42 Å². The maximum atomic E-state index is 6.39. The van der Waals surface area contributed by atoms with Crippen LogP contribution in [0.5, 0.6) is 0 Å². The fourth-order valence-electron chi connectivity index (χ4n) is 8.10. The quantitative estimate of drug-likeness (QED) is 0.163. The molecule has 0 unspecified atom stereocenters. The summed E-state index contributed by atoms with van der Waals surface area (Å²) in [6.07, 6.45) is 2.42. The van der Waals surface area contributed by atoms with Crippen LogP contribution in [0.3, 0.4) is 0 Å². The molecule has 268 valence electrons. The Hall–Kier alpha value is -7.70. The molecule has 0 aliphatic carbocycles. The summed E-state index contributed by atoms with van der Waals surface area (Å²) in [5.74, 6) is 2.73. The molecular formula is C51H33N5O. The number of fused-ring (bicyclic) bond motifs is 6. The molecule has 6 heteroatoms. The molecule has 0 amide bonds. The number of hydrogen-bond acceptors (Lipinski definition) is 5. The third kappa shape index (κ3) is 5.74. The van der Waals surface area contributed by atoms with Gasteiger partial charge in [-0.25, -0.2) is 19.9 Å². The Balaban J connectivity index is 1.17. The van der Waals surface area contributed by atoms with Crippen molar-refractivity contribution in [1.82, 2.24) is 24.5 Å². The van der Waals surface area contributed by atoms with Crippen LogP contribution in [0.4, 0.5) is 0 Å². The van der Waals surface area contributed by atoms with E-state index >= 15 is 0 Å². The Morgan fingerprint density at radius 1 is 0.421 bits per heavy atom. The molecule has 0 saturated heterocycles. The molecule has 0 aliphatic heterocycles. The van der Waals surface area contributed by atoms with Gasteiger partial charge in [0.25, 0.3) is 0 Å². The Morgan fingerprint density at radius 3 is 1.70 bits per heavy atom. The molecule has 0 aliphatic rings. The van der Waals surface area contributed by atoms with Crippen molar-refractivity contribution < 1.29 is 4.42 Å². The fourth-order valence-corrected chi connectivity index (χ4v) is 8.10. The first kappa shape index (κ1) is 32.7. The minimum atomic E-state index is 0.413. The van der Waals surface area contributed by atoms with Crippen molar-refractivity contribution in [3.8, 4) is 50.8 Å². The van der Waals surface area contributed by atoms with Crippen molar-refractivity contribution in [1.29, 1.82) is 0 Å². The molecule has 0 bridgehead atoms. The number of rotatable bonds is 7. The maximum Gasteiger partial charge on any atom is 0.163 e. The molecule has 0 radical (unpaired) electrons. The number of para-hydroxylation sites is 2. The topological polar surface area (TPSA) is 69.6 Å². The zero-order chi connectivity index (χ0) is 37.7. The van der Waals surface area contributed by atoms with Gasteiger partial charge in [0.15, 0.2) is 11.6 Å². The fraction of sp³-hybridized carbons (Fsp3) is 0.0196. The number of benzene rings is 7. The van der Waals surface area contributed by atoms with Crippen LogP contribution in [0.25, 0.3) is 94.6 Å². The highest BCUT2D eigenvalue weighted by Crippen LogP contribution is 2.40. The number of aromatic nitrogens is 5. The van der Waals surface area contributed by atoms with Crippen LogP contribution < -0.4 is 0 Å². The minimum absolute atomic E-state index is 0.413. The highest BCUT2D eigenvalue weighted by atomic mass is 16.3. The van der Waals surface area contributed by atoms with Gasteiger partial charge in [-0.3, -0.25) is 4.57 Å². The first-order chi connectivity index (χ1) is 28.2. The van der Waals surface area contributed by atoms with E-state index in [9.17, 15) is 0 Å². The number of hydrogen-bond donors (Lipinski definition) is 0. The van der Waals surface area contributed by atoms with Gasteiger partial charge in [-0.2, -0.15) is 0 Å². The highest BCUT2D eigenvalue weighted by molar-refractivity contribution is 6.17. The zero-order valence-corrected chi connectivity index (χ0v) is 30.7. The average Bonchev–Trinajstić information content (AvgIpc) is 3.81. The van der Waals surface area contributed by atoms with Crippen LogP contribution in [-0.4, -0.2) is 24.5 Å². The first-order valence-electron chi connectivity index (χ1n) is 19.1. The van der Waals surface area contributed by atoms with Gasteiger partial charge in [0.1, 0.15) is 22.8 Å². The van der Waals surface area contributed by atoms with E-state index < -0.39 is 0 Å². The third-order valence-electron chi connectivity index (χ3n) is 10.7. The Kier molecular flexibility index (Phi) is 7.78. The SMILES string of the molecule is c1ccc(-c2nc(Cc3cc(-c4ccccc4-c4ccccc4)cnc3-n3c4ccccc4c4cc5oc6ccccc6c5cc43)nc(-c3ccccc3)n2)cc1. The maximum absolute atomic E-state index is 6.39. The number of furan rings is 1. The molecule has 0 fully saturated rings.